The number of aromatic nitrogens is 2. The van der Waals surface area contributed by atoms with Crippen molar-refractivity contribution in [3.05, 3.63) is 12.4 Å². The minimum Gasteiger partial charge on any atom is -0.355 e. The Labute approximate surface area is 117 Å². The molecule has 1 aliphatic carbocycles. The lowest BCUT2D eigenvalue weighted by Crippen LogP contribution is -2.26. The molecule has 19 heavy (non-hydrogen) atoms. The molecule has 0 radical (unpaired) electrons. The number of nitrogens with one attached hydrogen (secondary N) is 1. The van der Waals surface area contributed by atoms with E-state index in [-0.39, 0.29) is 0 Å². The standard InChI is InChI=1S/C16H29N3/c1-12(2)15(13(3)4)11-18-16-17-9-10-19(16)14-7-5-6-8-14/h9-10,12-15H,5-8,11H2,1-4H3,(H,17,18). The van der Waals surface area contributed by atoms with Gasteiger partial charge < -0.3 is 9.88 Å². The summed E-state index contributed by atoms with van der Waals surface area (Å²) < 4.78 is 2.35. The summed E-state index contributed by atoms with van der Waals surface area (Å²) in [6.45, 7) is 10.3. The van der Waals surface area contributed by atoms with Crippen LogP contribution in [0.15, 0.2) is 12.4 Å². The molecule has 3 heteroatoms. The lowest BCUT2D eigenvalue weighted by atomic mass is 9.85. The second kappa shape index (κ2) is 6.44. The van der Waals surface area contributed by atoms with E-state index < -0.39 is 0 Å². The maximum Gasteiger partial charge on any atom is 0.203 e. The molecule has 0 bridgehead atoms. The van der Waals surface area contributed by atoms with Gasteiger partial charge in [-0.1, -0.05) is 40.5 Å². The Morgan fingerprint density at radius 1 is 1.21 bits per heavy atom. The fourth-order valence-corrected chi connectivity index (χ4v) is 3.38. The highest BCUT2D eigenvalue weighted by Crippen LogP contribution is 2.31. The van der Waals surface area contributed by atoms with Gasteiger partial charge in [0.2, 0.25) is 5.95 Å². The minimum atomic E-state index is 0.668. The topological polar surface area (TPSA) is 29.9 Å². The summed E-state index contributed by atoms with van der Waals surface area (Å²) in [5.74, 6) is 3.19. The largest absolute Gasteiger partial charge is 0.355 e. The molecule has 1 heterocycles. The van der Waals surface area contributed by atoms with Crippen LogP contribution in [0.3, 0.4) is 0 Å². The number of imidazole rings is 1. The third-order valence-corrected chi connectivity index (χ3v) is 4.60. The monoisotopic (exact) mass is 263 g/mol. The smallest absolute Gasteiger partial charge is 0.203 e. The quantitative estimate of drug-likeness (QED) is 0.827. The van der Waals surface area contributed by atoms with Gasteiger partial charge in [0, 0.05) is 25.0 Å². The molecule has 108 valence electrons. The fourth-order valence-electron chi connectivity index (χ4n) is 3.38. The van der Waals surface area contributed by atoms with Crippen LogP contribution in [0.25, 0.3) is 0 Å². The Morgan fingerprint density at radius 2 is 1.84 bits per heavy atom. The van der Waals surface area contributed by atoms with Crippen LogP contribution < -0.4 is 5.32 Å². The second-order valence-corrected chi connectivity index (χ2v) is 6.63. The zero-order chi connectivity index (χ0) is 13.8. The van der Waals surface area contributed by atoms with Crippen molar-refractivity contribution >= 4 is 5.95 Å². The van der Waals surface area contributed by atoms with Crippen LogP contribution in [0.1, 0.15) is 59.4 Å². The molecular weight excluding hydrogens is 234 g/mol. The molecule has 1 N–H and O–H groups in total. The van der Waals surface area contributed by atoms with Gasteiger partial charge in [-0.2, -0.15) is 0 Å². The molecule has 1 fully saturated rings. The summed E-state index contributed by atoms with van der Waals surface area (Å²) in [4.78, 5) is 4.50. The van der Waals surface area contributed by atoms with Crippen LogP contribution in [0, 0.1) is 17.8 Å². The molecule has 0 amide bonds. The Kier molecular flexibility index (Phi) is 4.89. The lowest BCUT2D eigenvalue weighted by molar-refractivity contribution is 0.303. The van der Waals surface area contributed by atoms with Gasteiger partial charge in [-0.15, -0.1) is 0 Å². The zero-order valence-corrected chi connectivity index (χ0v) is 12.9. The van der Waals surface area contributed by atoms with E-state index in [0.29, 0.717) is 23.8 Å². The molecule has 1 saturated carbocycles. The van der Waals surface area contributed by atoms with E-state index >= 15 is 0 Å². The van der Waals surface area contributed by atoms with E-state index in [9.17, 15) is 0 Å². The predicted octanol–water partition coefficient (Wildman–Crippen LogP) is 4.34. The maximum atomic E-state index is 4.50. The van der Waals surface area contributed by atoms with Crippen molar-refractivity contribution < 1.29 is 0 Å². The number of rotatable bonds is 6. The first-order valence-electron chi connectivity index (χ1n) is 7.86. The summed E-state index contributed by atoms with van der Waals surface area (Å²) in [5.41, 5.74) is 0. The Balaban J connectivity index is 1.97. The molecule has 0 saturated heterocycles. The molecule has 2 rings (SSSR count). The third kappa shape index (κ3) is 3.52. The molecule has 0 unspecified atom stereocenters. The Hall–Kier alpha value is -0.990. The molecule has 0 spiro atoms. The lowest BCUT2D eigenvalue weighted by Gasteiger charge is -2.26. The van der Waals surface area contributed by atoms with Crippen molar-refractivity contribution in [2.75, 3.05) is 11.9 Å². The Bertz CT molecular complexity index is 367. The van der Waals surface area contributed by atoms with Crippen molar-refractivity contribution in [3.8, 4) is 0 Å². The highest BCUT2D eigenvalue weighted by atomic mass is 15.2. The first kappa shape index (κ1) is 14.4. The van der Waals surface area contributed by atoms with Crippen LogP contribution in [-0.4, -0.2) is 16.1 Å². The number of nitrogens with zero attached hydrogens (tertiary/aromatic N) is 2. The average Bonchev–Trinajstić information content (AvgIpc) is 2.97. The molecular formula is C16H29N3. The Morgan fingerprint density at radius 3 is 2.42 bits per heavy atom. The maximum absolute atomic E-state index is 4.50. The van der Waals surface area contributed by atoms with Crippen molar-refractivity contribution in [2.45, 2.75) is 59.4 Å². The van der Waals surface area contributed by atoms with Crippen LogP contribution in [0.4, 0.5) is 5.95 Å². The van der Waals surface area contributed by atoms with Crippen LogP contribution in [-0.2, 0) is 0 Å². The van der Waals surface area contributed by atoms with Gasteiger partial charge in [-0.25, -0.2) is 4.98 Å². The number of hydrogen-bond acceptors (Lipinski definition) is 2. The van der Waals surface area contributed by atoms with Gasteiger partial charge in [-0.05, 0) is 30.6 Å². The molecule has 0 atom stereocenters. The summed E-state index contributed by atoms with van der Waals surface area (Å²) in [6.07, 6.45) is 9.41. The van der Waals surface area contributed by atoms with E-state index in [0.717, 1.165) is 12.5 Å². The minimum absolute atomic E-state index is 0.668. The second-order valence-electron chi connectivity index (χ2n) is 6.63. The van der Waals surface area contributed by atoms with Gasteiger partial charge in [0.25, 0.3) is 0 Å². The van der Waals surface area contributed by atoms with Crippen molar-refractivity contribution in [1.82, 2.24) is 9.55 Å². The van der Waals surface area contributed by atoms with Gasteiger partial charge in [-0.3, -0.25) is 0 Å². The molecule has 1 aromatic rings. The first-order valence-corrected chi connectivity index (χ1v) is 7.86. The first-order chi connectivity index (χ1) is 9.09. The molecule has 0 aliphatic heterocycles. The van der Waals surface area contributed by atoms with Crippen molar-refractivity contribution in [3.63, 3.8) is 0 Å². The summed E-state index contributed by atoms with van der Waals surface area (Å²) >= 11 is 0. The van der Waals surface area contributed by atoms with E-state index in [1.807, 2.05) is 6.20 Å². The van der Waals surface area contributed by atoms with Gasteiger partial charge in [0.1, 0.15) is 0 Å². The molecule has 1 aromatic heterocycles. The van der Waals surface area contributed by atoms with Crippen molar-refractivity contribution in [1.29, 1.82) is 0 Å². The van der Waals surface area contributed by atoms with Crippen LogP contribution in [0.5, 0.6) is 0 Å². The van der Waals surface area contributed by atoms with Gasteiger partial charge in [0.05, 0.1) is 0 Å². The van der Waals surface area contributed by atoms with E-state index in [1.165, 1.54) is 25.7 Å². The molecule has 3 nitrogen and oxygen atoms in total. The van der Waals surface area contributed by atoms with Gasteiger partial charge in [0.15, 0.2) is 0 Å². The highest BCUT2D eigenvalue weighted by Gasteiger charge is 2.21. The molecule has 0 aromatic carbocycles. The third-order valence-electron chi connectivity index (χ3n) is 4.60. The van der Waals surface area contributed by atoms with Crippen LogP contribution >= 0.6 is 0 Å². The number of anilines is 1. The average molecular weight is 263 g/mol. The summed E-state index contributed by atoms with van der Waals surface area (Å²) in [6, 6.07) is 0.668. The van der Waals surface area contributed by atoms with Crippen molar-refractivity contribution in [2.24, 2.45) is 17.8 Å². The SMILES string of the molecule is CC(C)C(CNc1nccn1C1CCCC1)C(C)C. The zero-order valence-electron chi connectivity index (χ0n) is 12.9. The summed E-state index contributed by atoms with van der Waals surface area (Å²) in [5, 5.41) is 3.58. The summed E-state index contributed by atoms with van der Waals surface area (Å²) in [7, 11) is 0. The number of hydrogen-bond donors (Lipinski definition) is 1. The normalized spacial score (nSPS) is 17.0. The van der Waals surface area contributed by atoms with E-state index in [2.05, 4.69) is 48.8 Å². The van der Waals surface area contributed by atoms with E-state index in [4.69, 9.17) is 0 Å². The molecule has 1 aliphatic rings. The van der Waals surface area contributed by atoms with E-state index in [1.54, 1.807) is 0 Å². The fraction of sp³-hybridized carbons (Fsp3) is 0.812. The van der Waals surface area contributed by atoms with Crippen LogP contribution in [0.2, 0.25) is 0 Å². The highest BCUT2D eigenvalue weighted by molar-refractivity contribution is 5.27. The predicted molar refractivity (Wildman–Crippen MR) is 81.4 cm³/mol. The van der Waals surface area contributed by atoms with Gasteiger partial charge >= 0.3 is 0 Å².